The van der Waals surface area contributed by atoms with Gasteiger partial charge in [0.15, 0.2) is 0 Å². The first kappa shape index (κ1) is 21.2. The summed E-state index contributed by atoms with van der Waals surface area (Å²) in [6.07, 6.45) is 3.90. The molecule has 154 valence electrons. The van der Waals surface area contributed by atoms with Crippen LogP contribution in [0.5, 0.6) is 0 Å². The van der Waals surface area contributed by atoms with E-state index in [0.717, 1.165) is 0 Å². The second-order valence-electron chi connectivity index (χ2n) is 6.63. The summed E-state index contributed by atoms with van der Waals surface area (Å²) < 4.78 is 26.7. The van der Waals surface area contributed by atoms with E-state index in [-0.39, 0.29) is 42.3 Å². The third kappa shape index (κ3) is 5.53. The van der Waals surface area contributed by atoms with Gasteiger partial charge < -0.3 is 10.6 Å². The number of rotatable bonds is 6. The fourth-order valence-electron chi connectivity index (χ4n) is 3.07. The summed E-state index contributed by atoms with van der Waals surface area (Å²) in [5.41, 5.74) is 0.597. The zero-order chi connectivity index (χ0) is 20.9. The average Bonchev–Trinajstić information content (AvgIpc) is 2.73. The lowest BCUT2D eigenvalue weighted by Gasteiger charge is -2.30. The van der Waals surface area contributed by atoms with Crippen LogP contribution in [-0.2, 0) is 19.6 Å². The van der Waals surface area contributed by atoms with Gasteiger partial charge in [0.2, 0.25) is 21.8 Å². The third-order valence-corrected chi connectivity index (χ3v) is 6.83. The lowest BCUT2D eigenvalue weighted by Crippen LogP contribution is -2.44. The molecule has 10 heteroatoms. The van der Waals surface area contributed by atoms with Crippen molar-refractivity contribution in [1.82, 2.24) is 14.6 Å². The highest BCUT2D eigenvalue weighted by molar-refractivity contribution is 7.89. The fourth-order valence-corrected chi connectivity index (χ4v) is 4.66. The maximum absolute atomic E-state index is 12.7. The Morgan fingerprint density at radius 2 is 1.69 bits per heavy atom. The summed E-state index contributed by atoms with van der Waals surface area (Å²) in [4.78, 5) is 28.3. The SMILES string of the molecule is O=C(CNC(=O)C1CCN(S(=O)(=O)c2ccc(Cl)cc2)CC1)Nc1ccncc1. The van der Waals surface area contributed by atoms with Gasteiger partial charge in [0, 0.05) is 42.1 Å². The van der Waals surface area contributed by atoms with Crippen LogP contribution in [0.25, 0.3) is 0 Å². The van der Waals surface area contributed by atoms with Gasteiger partial charge >= 0.3 is 0 Å². The van der Waals surface area contributed by atoms with Crippen molar-refractivity contribution in [1.29, 1.82) is 0 Å². The van der Waals surface area contributed by atoms with Crippen LogP contribution in [0.1, 0.15) is 12.8 Å². The second kappa shape index (κ2) is 9.34. The topological polar surface area (TPSA) is 108 Å². The van der Waals surface area contributed by atoms with Crippen LogP contribution < -0.4 is 10.6 Å². The number of anilines is 1. The van der Waals surface area contributed by atoms with Gasteiger partial charge in [-0.05, 0) is 49.2 Å². The van der Waals surface area contributed by atoms with Gasteiger partial charge in [-0.25, -0.2) is 8.42 Å². The summed E-state index contributed by atoms with van der Waals surface area (Å²) in [5, 5.41) is 5.74. The minimum absolute atomic E-state index is 0.148. The number of hydrogen-bond acceptors (Lipinski definition) is 5. The van der Waals surface area contributed by atoms with E-state index in [1.54, 1.807) is 24.5 Å². The van der Waals surface area contributed by atoms with Crippen LogP contribution in [0, 0.1) is 5.92 Å². The molecule has 1 fully saturated rings. The van der Waals surface area contributed by atoms with E-state index in [0.29, 0.717) is 23.6 Å². The number of hydrogen-bond donors (Lipinski definition) is 2. The van der Waals surface area contributed by atoms with E-state index < -0.39 is 10.0 Å². The summed E-state index contributed by atoms with van der Waals surface area (Å²) in [6, 6.07) is 9.31. The summed E-state index contributed by atoms with van der Waals surface area (Å²) in [7, 11) is -3.61. The number of piperidine rings is 1. The molecule has 0 unspecified atom stereocenters. The normalized spacial score (nSPS) is 15.6. The smallest absolute Gasteiger partial charge is 0.243 e. The molecule has 0 spiro atoms. The molecule has 1 aliphatic heterocycles. The van der Waals surface area contributed by atoms with Gasteiger partial charge in [-0.2, -0.15) is 4.31 Å². The van der Waals surface area contributed by atoms with E-state index in [1.807, 2.05) is 0 Å². The molecule has 8 nitrogen and oxygen atoms in total. The molecular weight excluding hydrogens is 416 g/mol. The van der Waals surface area contributed by atoms with Crippen molar-refractivity contribution in [3.05, 3.63) is 53.8 Å². The van der Waals surface area contributed by atoms with Crippen LogP contribution in [0.3, 0.4) is 0 Å². The number of sulfonamides is 1. The Morgan fingerprint density at radius 1 is 1.07 bits per heavy atom. The van der Waals surface area contributed by atoms with E-state index >= 15 is 0 Å². The number of aromatic nitrogens is 1. The van der Waals surface area contributed by atoms with Crippen molar-refractivity contribution in [2.24, 2.45) is 5.92 Å². The molecule has 1 aromatic heterocycles. The van der Waals surface area contributed by atoms with Gasteiger partial charge in [-0.1, -0.05) is 11.6 Å². The minimum atomic E-state index is -3.61. The molecule has 29 heavy (non-hydrogen) atoms. The summed E-state index contributed by atoms with van der Waals surface area (Å²) in [5.74, 6) is -0.925. The summed E-state index contributed by atoms with van der Waals surface area (Å²) >= 11 is 5.81. The highest BCUT2D eigenvalue weighted by Gasteiger charge is 2.32. The molecule has 0 saturated carbocycles. The molecule has 0 aliphatic carbocycles. The molecule has 2 N–H and O–H groups in total. The number of nitrogens with zero attached hydrogens (tertiary/aromatic N) is 2. The van der Waals surface area contributed by atoms with Crippen molar-refractivity contribution in [2.45, 2.75) is 17.7 Å². The Hall–Kier alpha value is -2.49. The second-order valence-corrected chi connectivity index (χ2v) is 9.01. The Balaban J connectivity index is 1.48. The van der Waals surface area contributed by atoms with Gasteiger partial charge in [0.05, 0.1) is 11.4 Å². The highest BCUT2D eigenvalue weighted by atomic mass is 35.5. The monoisotopic (exact) mass is 436 g/mol. The van der Waals surface area contributed by atoms with Crippen molar-refractivity contribution in [3.8, 4) is 0 Å². The van der Waals surface area contributed by atoms with E-state index in [2.05, 4.69) is 15.6 Å². The largest absolute Gasteiger partial charge is 0.347 e. The lowest BCUT2D eigenvalue weighted by atomic mass is 9.97. The molecule has 3 rings (SSSR count). The van der Waals surface area contributed by atoms with Crippen LogP contribution in [0.15, 0.2) is 53.7 Å². The predicted octanol–water partition coefficient (Wildman–Crippen LogP) is 1.89. The lowest BCUT2D eigenvalue weighted by molar-refractivity contribution is -0.128. The van der Waals surface area contributed by atoms with Crippen LogP contribution in [0.2, 0.25) is 5.02 Å². The molecule has 0 bridgehead atoms. The van der Waals surface area contributed by atoms with Crippen molar-refractivity contribution in [3.63, 3.8) is 0 Å². The zero-order valence-corrected chi connectivity index (χ0v) is 17.1. The molecule has 0 radical (unpaired) electrons. The first-order valence-corrected chi connectivity index (χ1v) is 10.9. The zero-order valence-electron chi connectivity index (χ0n) is 15.5. The molecule has 2 amide bonds. The Labute approximate surface area is 174 Å². The van der Waals surface area contributed by atoms with E-state index in [9.17, 15) is 18.0 Å². The number of pyridine rings is 1. The van der Waals surface area contributed by atoms with Gasteiger partial charge in [-0.15, -0.1) is 0 Å². The molecule has 1 aromatic carbocycles. The van der Waals surface area contributed by atoms with Gasteiger partial charge in [0.1, 0.15) is 0 Å². The standard InChI is InChI=1S/C19H21ClN4O4S/c20-15-1-3-17(4-2-15)29(27,28)24-11-7-14(8-12-24)19(26)22-13-18(25)23-16-5-9-21-10-6-16/h1-6,9-10,14H,7-8,11-13H2,(H,22,26)(H,21,23,25). The van der Waals surface area contributed by atoms with Gasteiger partial charge in [-0.3, -0.25) is 14.6 Å². The molecule has 2 heterocycles. The summed E-state index contributed by atoms with van der Waals surface area (Å²) in [6.45, 7) is 0.336. The first-order valence-electron chi connectivity index (χ1n) is 9.09. The van der Waals surface area contributed by atoms with Crippen molar-refractivity contribution < 1.29 is 18.0 Å². The molecule has 1 aliphatic rings. The average molecular weight is 437 g/mol. The molecule has 0 atom stereocenters. The van der Waals surface area contributed by atoms with Crippen LogP contribution in [-0.4, -0.2) is 49.2 Å². The Bertz CT molecular complexity index is 959. The third-order valence-electron chi connectivity index (χ3n) is 4.66. The highest BCUT2D eigenvalue weighted by Crippen LogP contribution is 2.24. The quantitative estimate of drug-likeness (QED) is 0.718. The van der Waals surface area contributed by atoms with Crippen molar-refractivity contribution in [2.75, 3.05) is 25.0 Å². The fraction of sp³-hybridized carbons (Fsp3) is 0.316. The molecule has 1 saturated heterocycles. The molecular formula is C19H21ClN4O4S. The number of halogens is 1. The number of carbonyl (C=O) groups excluding carboxylic acids is 2. The van der Waals surface area contributed by atoms with Crippen LogP contribution >= 0.6 is 11.6 Å². The number of nitrogens with one attached hydrogen (secondary N) is 2. The number of amides is 2. The molecule has 2 aromatic rings. The maximum atomic E-state index is 12.7. The number of carbonyl (C=O) groups is 2. The van der Waals surface area contributed by atoms with E-state index in [4.69, 9.17) is 11.6 Å². The first-order chi connectivity index (χ1) is 13.9. The maximum Gasteiger partial charge on any atom is 0.243 e. The minimum Gasteiger partial charge on any atom is -0.347 e. The Kier molecular flexibility index (Phi) is 6.83. The number of benzene rings is 1. The van der Waals surface area contributed by atoms with E-state index in [1.165, 1.54) is 28.6 Å². The Morgan fingerprint density at radius 3 is 2.31 bits per heavy atom. The van der Waals surface area contributed by atoms with Gasteiger partial charge in [0.25, 0.3) is 0 Å². The predicted molar refractivity (Wildman–Crippen MR) is 109 cm³/mol. The van der Waals surface area contributed by atoms with Crippen molar-refractivity contribution >= 4 is 39.1 Å². The van der Waals surface area contributed by atoms with Crippen LogP contribution in [0.4, 0.5) is 5.69 Å².